The fourth-order valence-electron chi connectivity index (χ4n) is 0. The van der Waals surface area contributed by atoms with E-state index < -0.39 is 0 Å². The van der Waals surface area contributed by atoms with Crippen LogP contribution >= 0.6 is 0 Å². The molecule has 0 atom stereocenters. The Hall–Kier alpha value is 2.05. The molecule has 0 unspecified atom stereocenters. The van der Waals surface area contributed by atoms with Crippen LogP contribution in [0.5, 0.6) is 0 Å². The summed E-state index contributed by atoms with van der Waals surface area (Å²) in [6.07, 6.45) is 0. The number of rotatable bonds is 0. The molecule has 0 saturated carbocycles. The second kappa shape index (κ2) is 19.7. The monoisotopic (exact) mass is 297 g/mol. The van der Waals surface area contributed by atoms with E-state index >= 15 is 0 Å². The molecule has 0 aromatic heterocycles. The van der Waals surface area contributed by atoms with Crippen LogP contribution in [0.3, 0.4) is 0 Å². The van der Waals surface area contributed by atoms with E-state index in [9.17, 15) is 0 Å². The third kappa shape index (κ3) is 8.97. The van der Waals surface area contributed by atoms with Crippen LogP contribution in [0.1, 0.15) is 0 Å². The van der Waals surface area contributed by atoms with Crippen molar-refractivity contribution in [2.24, 2.45) is 0 Å². The second-order valence-corrected chi connectivity index (χ2v) is 0. The summed E-state index contributed by atoms with van der Waals surface area (Å²) in [6.45, 7) is 0. The Bertz CT molecular complexity index is 8.00. The number of hydrogen-bond donors (Lipinski definition) is 0. The van der Waals surface area contributed by atoms with Gasteiger partial charge in [-0.2, -0.15) is 0 Å². The Morgan fingerprint density at radius 3 is 1.25 bits per heavy atom. The van der Waals surface area contributed by atoms with Gasteiger partial charge >= 0.3 is 47.0 Å². The van der Waals surface area contributed by atoms with Gasteiger partial charge in [0.05, 0.1) is 0 Å². The standard InChI is InChI=1S/Ga.In.Nb.O.4H. The SMILES string of the molecule is [GaH3].[Nb].[O]=[InH]. The molecule has 0 aliphatic rings. The van der Waals surface area contributed by atoms with Crippen LogP contribution in [0.4, 0.5) is 0 Å². The van der Waals surface area contributed by atoms with Gasteiger partial charge in [0.2, 0.25) is 0 Å². The van der Waals surface area contributed by atoms with Crippen molar-refractivity contribution in [1.29, 1.82) is 0 Å². The van der Waals surface area contributed by atoms with Crippen molar-refractivity contribution in [1.82, 2.24) is 0 Å². The van der Waals surface area contributed by atoms with Gasteiger partial charge in [0.15, 0.2) is 0 Å². The van der Waals surface area contributed by atoms with E-state index in [1.807, 2.05) is 0 Å². The first-order valence-electron chi connectivity index (χ1n) is 0.289. The fraction of sp³-hybridized carbons (Fsp3) is 0. The summed E-state index contributed by atoms with van der Waals surface area (Å²) in [5.74, 6) is 0. The van der Waals surface area contributed by atoms with Crippen molar-refractivity contribution in [3.05, 3.63) is 0 Å². The minimum atomic E-state index is -0.1000. The zero-order valence-corrected chi connectivity index (χ0v) is 7.80. The molecule has 0 aromatic rings. The molecule has 0 aliphatic heterocycles. The molecule has 0 saturated heterocycles. The summed E-state index contributed by atoms with van der Waals surface area (Å²) >= 11 is -0.1000. The predicted octanol–water partition coefficient (Wildman–Crippen LogP) is -1.95. The van der Waals surface area contributed by atoms with Gasteiger partial charge in [-0.15, -0.1) is 0 Å². The van der Waals surface area contributed by atoms with Crippen molar-refractivity contribution in [3.8, 4) is 0 Å². The van der Waals surface area contributed by atoms with Crippen LogP contribution in [-0.4, -0.2) is 44.2 Å². The van der Waals surface area contributed by atoms with Crippen molar-refractivity contribution in [2.75, 3.05) is 0 Å². The van der Waals surface area contributed by atoms with E-state index in [0.717, 1.165) is 0 Å². The van der Waals surface area contributed by atoms with Gasteiger partial charge in [0.25, 0.3) is 0 Å². The Balaban J connectivity index is -0.00000000500. The van der Waals surface area contributed by atoms with Gasteiger partial charge in [-0.1, -0.05) is 0 Å². The minimum absolute atomic E-state index is 0. The first-order chi connectivity index (χ1) is 1.00. The molecule has 0 aliphatic carbocycles. The molecular weight excluding hydrogens is 293 g/mol. The Kier molecular flexibility index (Phi) is 81.8. The maximum atomic E-state index is 8.42. The van der Waals surface area contributed by atoms with Crippen LogP contribution in [0.2, 0.25) is 0 Å². The van der Waals surface area contributed by atoms with Crippen molar-refractivity contribution in [3.63, 3.8) is 0 Å². The zero-order valence-electron chi connectivity index (χ0n) is 1.56. The summed E-state index contributed by atoms with van der Waals surface area (Å²) in [7, 11) is 0. The summed E-state index contributed by atoms with van der Waals surface area (Å²) in [6, 6.07) is 0. The van der Waals surface area contributed by atoms with Gasteiger partial charge in [-0.05, 0) is 0 Å². The molecular formula is H4GaInNbO. The summed E-state index contributed by atoms with van der Waals surface area (Å²) in [5.41, 5.74) is 0. The molecule has 0 N–H and O–H groups in total. The molecule has 1 radical (unpaired) electrons. The van der Waals surface area contributed by atoms with Gasteiger partial charge in [0, 0.05) is 22.4 Å². The van der Waals surface area contributed by atoms with Crippen LogP contribution in [0.15, 0.2) is 0 Å². The zero-order chi connectivity index (χ0) is 2.00. The quantitative estimate of drug-likeness (QED) is 0.475. The van der Waals surface area contributed by atoms with Gasteiger partial charge in [0.1, 0.15) is 0 Å². The maximum absolute atomic E-state index is 8.42. The predicted molar refractivity (Wildman–Crippen MR) is 17.8 cm³/mol. The summed E-state index contributed by atoms with van der Waals surface area (Å²) in [5, 5.41) is 0. The molecule has 0 amide bonds. The normalized spacial score (nSPS) is 0.750. The molecule has 0 heterocycles. The third-order valence-corrected chi connectivity index (χ3v) is 0. The molecule has 0 bridgehead atoms. The molecule has 1 nitrogen and oxygen atoms in total. The molecule has 21 valence electrons. The van der Waals surface area contributed by atoms with Crippen LogP contribution in [0.25, 0.3) is 0 Å². The van der Waals surface area contributed by atoms with E-state index in [1.165, 1.54) is 0 Å². The van der Waals surface area contributed by atoms with E-state index in [-0.39, 0.29) is 66.5 Å². The average molecular weight is 297 g/mol. The summed E-state index contributed by atoms with van der Waals surface area (Å²) < 4.78 is 8.42. The summed E-state index contributed by atoms with van der Waals surface area (Å²) in [4.78, 5) is 0. The average Bonchev–Trinajstić information content (AvgIpc) is 1.00. The van der Waals surface area contributed by atoms with Crippen LogP contribution in [-0.2, 0) is 25.2 Å². The van der Waals surface area contributed by atoms with Crippen molar-refractivity contribution in [2.45, 2.75) is 0 Å². The van der Waals surface area contributed by atoms with E-state index in [2.05, 4.69) is 0 Å². The van der Waals surface area contributed by atoms with Gasteiger partial charge < -0.3 is 0 Å². The molecule has 0 aromatic carbocycles. The molecule has 0 fully saturated rings. The van der Waals surface area contributed by atoms with E-state index in [4.69, 9.17) is 2.85 Å². The van der Waals surface area contributed by atoms with Crippen molar-refractivity contribution >= 4 is 44.2 Å². The fourth-order valence-corrected chi connectivity index (χ4v) is 0. The van der Waals surface area contributed by atoms with Gasteiger partial charge in [-0.25, -0.2) is 0 Å². The third-order valence-electron chi connectivity index (χ3n) is 0. The van der Waals surface area contributed by atoms with E-state index in [1.54, 1.807) is 0 Å². The second-order valence-electron chi connectivity index (χ2n) is 0. The van der Waals surface area contributed by atoms with Crippen molar-refractivity contribution < 1.29 is 25.2 Å². The molecule has 4 heteroatoms. The van der Waals surface area contributed by atoms with Crippen LogP contribution < -0.4 is 0 Å². The molecule has 0 spiro atoms. The molecule has 0 rings (SSSR count). The first kappa shape index (κ1) is 16.6. The first-order valence-corrected chi connectivity index (χ1v) is 1.94. The topological polar surface area (TPSA) is 17.1 Å². The molecule has 4 heavy (non-hydrogen) atoms. The van der Waals surface area contributed by atoms with Gasteiger partial charge in [-0.3, -0.25) is 0 Å². The van der Waals surface area contributed by atoms with Crippen LogP contribution in [0, 0.1) is 0 Å². The number of hydrogen-bond acceptors (Lipinski definition) is 1. The van der Waals surface area contributed by atoms with E-state index in [0.29, 0.717) is 0 Å². The Labute approximate surface area is 68.5 Å². The Morgan fingerprint density at radius 1 is 1.25 bits per heavy atom. The Morgan fingerprint density at radius 2 is 1.25 bits per heavy atom.